The molecule has 7 heteroatoms. The molecule has 0 saturated heterocycles. The molecule has 2 nitrogen and oxygen atoms in total. The number of nitrogens with one attached hydrogen (secondary N) is 1. The fraction of sp³-hybridized carbons (Fsp3) is 0.250. The summed E-state index contributed by atoms with van der Waals surface area (Å²) in [6.07, 6.45) is -2.57. The molecule has 1 N–H and O–H groups in total. The molecule has 0 fully saturated rings. The van der Waals surface area contributed by atoms with Gasteiger partial charge in [0.25, 0.3) is 0 Å². The van der Waals surface area contributed by atoms with Crippen LogP contribution in [0.25, 0.3) is 0 Å². The van der Waals surface area contributed by atoms with Gasteiger partial charge < -0.3 is 5.32 Å². The van der Waals surface area contributed by atoms with Crippen molar-refractivity contribution in [3.63, 3.8) is 0 Å². The number of aromatic nitrogens is 1. The smallest absolute Gasteiger partial charge is 0.379 e. The van der Waals surface area contributed by atoms with E-state index in [1.54, 1.807) is 17.5 Å². The number of alkyl halides is 3. The number of benzene rings is 1. The highest BCUT2D eigenvalue weighted by atomic mass is 79.9. The number of halogens is 4. The number of thiazole rings is 1. The maximum absolute atomic E-state index is 12.5. The highest BCUT2D eigenvalue weighted by molar-refractivity contribution is 9.10. The molecule has 0 saturated carbocycles. The van der Waals surface area contributed by atoms with Crippen molar-refractivity contribution in [2.24, 2.45) is 0 Å². The second kappa shape index (κ2) is 5.50. The van der Waals surface area contributed by atoms with Crippen LogP contribution < -0.4 is 5.32 Å². The van der Waals surface area contributed by atoms with Gasteiger partial charge >= 0.3 is 6.18 Å². The molecule has 0 bridgehead atoms. The molecule has 0 unspecified atom stereocenters. The van der Waals surface area contributed by atoms with Crippen molar-refractivity contribution in [1.82, 2.24) is 4.98 Å². The van der Waals surface area contributed by atoms with Crippen LogP contribution in [0.15, 0.2) is 28.9 Å². The van der Waals surface area contributed by atoms with E-state index in [1.807, 2.05) is 6.92 Å². The molecule has 2 rings (SSSR count). The van der Waals surface area contributed by atoms with Crippen LogP contribution in [-0.4, -0.2) is 4.98 Å². The molecule has 0 amide bonds. The van der Waals surface area contributed by atoms with Crippen molar-refractivity contribution in [3.05, 3.63) is 44.3 Å². The van der Waals surface area contributed by atoms with Crippen LogP contribution in [0, 0.1) is 6.92 Å². The van der Waals surface area contributed by atoms with E-state index in [1.165, 1.54) is 6.07 Å². The van der Waals surface area contributed by atoms with E-state index in [4.69, 9.17) is 0 Å². The molecule has 0 aliphatic carbocycles. The fourth-order valence-electron chi connectivity index (χ4n) is 1.50. The first kappa shape index (κ1) is 14.3. The summed E-state index contributed by atoms with van der Waals surface area (Å²) in [5.41, 5.74) is -0.0439. The van der Waals surface area contributed by atoms with Crippen LogP contribution in [0.5, 0.6) is 0 Å². The number of hydrogen-bond donors (Lipinski definition) is 1. The first-order chi connectivity index (χ1) is 8.86. The summed E-state index contributed by atoms with van der Waals surface area (Å²) >= 11 is 4.69. The molecule has 0 aliphatic rings. The highest BCUT2D eigenvalue weighted by Crippen LogP contribution is 2.34. The normalized spacial score (nSPS) is 11.6. The lowest BCUT2D eigenvalue weighted by Gasteiger charge is -2.11. The van der Waals surface area contributed by atoms with Gasteiger partial charge in [0.05, 0.1) is 17.1 Å². The summed E-state index contributed by atoms with van der Waals surface area (Å²) in [6, 6.07) is 3.55. The summed E-state index contributed by atoms with van der Waals surface area (Å²) in [5, 5.41) is 4.04. The van der Waals surface area contributed by atoms with Crippen LogP contribution in [0.3, 0.4) is 0 Å². The van der Waals surface area contributed by atoms with Gasteiger partial charge in [-0.15, -0.1) is 11.3 Å². The second-order valence-electron chi connectivity index (χ2n) is 3.89. The zero-order valence-electron chi connectivity index (χ0n) is 9.88. The molecule has 1 aromatic carbocycles. The Morgan fingerprint density at radius 2 is 2.11 bits per heavy atom. The van der Waals surface area contributed by atoms with Gasteiger partial charge in [-0.2, -0.15) is 13.2 Å². The van der Waals surface area contributed by atoms with E-state index in [-0.39, 0.29) is 0 Å². The third-order valence-corrected chi connectivity index (χ3v) is 3.99. The number of aryl methyl sites for hydroxylation is 1. The number of rotatable bonds is 3. The fourth-order valence-corrected chi connectivity index (χ4v) is 2.76. The van der Waals surface area contributed by atoms with Gasteiger partial charge in [0.1, 0.15) is 0 Å². The standard InChI is InChI=1S/C12H10BrF3N2S/c1-7-17-5-9(19-7)6-18-11-3-2-8(4-10(11)13)12(14,15)16/h2-5,18H,6H2,1H3. The van der Waals surface area contributed by atoms with Gasteiger partial charge in [-0.05, 0) is 41.1 Å². The first-order valence-electron chi connectivity index (χ1n) is 5.38. The van der Waals surface area contributed by atoms with Crippen LogP contribution in [0.2, 0.25) is 0 Å². The maximum atomic E-state index is 12.5. The van der Waals surface area contributed by atoms with Crippen LogP contribution in [0.4, 0.5) is 18.9 Å². The van der Waals surface area contributed by atoms with Gasteiger partial charge in [0.2, 0.25) is 0 Å². The Labute approximate surface area is 120 Å². The van der Waals surface area contributed by atoms with E-state index in [0.717, 1.165) is 22.0 Å². The summed E-state index contributed by atoms with van der Waals surface area (Å²) in [7, 11) is 0. The van der Waals surface area contributed by atoms with E-state index < -0.39 is 11.7 Å². The highest BCUT2D eigenvalue weighted by Gasteiger charge is 2.30. The predicted octanol–water partition coefficient (Wildman–Crippen LogP) is 4.84. The van der Waals surface area contributed by atoms with E-state index in [9.17, 15) is 13.2 Å². The van der Waals surface area contributed by atoms with Crippen molar-refractivity contribution >= 4 is 33.0 Å². The lowest BCUT2D eigenvalue weighted by molar-refractivity contribution is -0.137. The van der Waals surface area contributed by atoms with Crippen molar-refractivity contribution < 1.29 is 13.2 Å². The average molecular weight is 351 g/mol. The average Bonchev–Trinajstić information content (AvgIpc) is 2.72. The SMILES string of the molecule is Cc1ncc(CNc2ccc(C(F)(F)F)cc2Br)s1. The molecule has 2 aromatic rings. The molecular formula is C12H10BrF3N2S. The summed E-state index contributed by atoms with van der Waals surface area (Å²) < 4.78 is 37.9. The van der Waals surface area contributed by atoms with Crippen LogP contribution >= 0.6 is 27.3 Å². The molecule has 1 heterocycles. The molecule has 0 atom stereocenters. The molecule has 1 aromatic heterocycles. The van der Waals surface area contributed by atoms with Crippen molar-refractivity contribution in [1.29, 1.82) is 0 Å². The number of anilines is 1. The third kappa shape index (κ3) is 3.70. The Morgan fingerprint density at radius 3 is 2.63 bits per heavy atom. The quantitative estimate of drug-likeness (QED) is 0.856. The summed E-state index contributed by atoms with van der Waals surface area (Å²) in [4.78, 5) is 5.15. The topological polar surface area (TPSA) is 24.9 Å². The Balaban J connectivity index is 2.09. The van der Waals surface area contributed by atoms with E-state index in [0.29, 0.717) is 16.7 Å². The molecular weight excluding hydrogens is 341 g/mol. The second-order valence-corrected chi connectivity index (χ2v) is 6.07. The molecule has 102 valence electrons. The minimum Gasteiger partial charge on any atom is -0.379 e. The first-order valence-corrected chi connectivity index (χ1v) is 6.99. The lowest BCUT2D eigenvalue weighted by Crippen LogP contribution is -2.06. The van der Waals surface area contributed by atoms with Crippen LogP contribution in [-0.2, 0) is 12.7 Å². The minimum absolute atomic E-state index is 0.392. The summed E-state index contributed by atoms with van der Waals surface area (Å²) in [6.45, 7) is 2.44. The van der Waals surface area contributed by atoms with Crippen LogP contribution in [0.1, 0.15) is 15.4 Å². The number of nitrogens with zero attached hydrogens (tertiary/aromatic N) is 1. The van der Waals surface area contributed by atoms with Crippen molar-refractivity contribution in [3.8, 4) is 0 Å². The summed E-state index contributed by atoms with van der Waals surface area (Å²) in [5.74, 6) is 0. The predicted molar refractivity (Wildman–Crippen MR) is 73.3 cm³/mol. The largest absolute Gasteiger partial charge is 0.416 e. The van der Waals surface area contributed by atoms with Gasteiger partial charge in [0.15, 0.2) is 0 Å². The minimum atomic E-state index is -4.32. The van der Waals surface area contributed by atoms with Crippen molar-refractivity contribution in [2.45, 2.75) is 19.6 Å². The van der Waals surface area contributed by atoms with Gasteiger partial charge in [-0.25, -0.2) is 4.98 Å². The van der Waals surface area contributed by atoms with E-state index in [2.05, 4.69) is 26.2 Å². The van der Waals surface area contributed by atoms with Gasteiger partial charge in [-0.3, -0.25) is 0 Å². The van der Waals surface area contributed by atoms with Gasteiger partial charge in [0, 0.05) is 21.2 Å². The third-order valence-electron chi connectivity index (χ3n) is 2.42. The Morgan fingerprint density at radius 1 is 1.37 bits per heavy atom. The Hall–Kier alpha value is -1.08. The monoisotopic (exact) mass is 350 g/mol. The van der Waals surface area contributed by atoms with Crippen molar-refractivity contribution in [2.75, 3.05) is 5.32 Å². The molecule has 0 radical (unpaired) electrons. The zero-order chi connectivity index (χ0) is 14.0. The Kier molecular flexibility index (Phi) is 4.15. The zero-order valence-corrected chi connectivity index (χ0v) is 12.3. The molecule has 0 spiro atoms. The molecule has 19 heavy (non-hydrogen) atoms. The maximum Gasteiger partial charge on any atom is 0.416 e. The molecule has 0 aliphatic heterocycles. The number of hydrogen-bond acceptors (Lipinski definition) is 3. The van der Waals surface area contributed by atoms with Gasteiger partial charge in [-0.1, -0.05) is 0 Å². The Bertz CT molecular complexity index is 581. The lowest BCUT2D eigenvalue weighted by atomic mass is 10.2. The van der Waals surface area contributed by atoms with E-state index >= 15 is 0 Å².